The first-order chi connectivity index (χ1) is 15.2. The van der Waals surface area contributed by atoms with E-state index in [9.17, 15) is 0 Å². The number of fused-ring (bicyclic) bond motifs is 2. The van der Waals surface area contributed by atoms with Crippen molar-refractivity contribution in [1.82, 2.24) is 25.1 Å². The largest absolute Gasteiger partial charge is 0.494 e. The molecule has 5 rings (SSSR count). The van der Waals surface area contributed by atoms with Gasteiger partial charge in [0.1, 0.15) is 23.6 Å². The lowest BCUT2D eigenvalue weighted by molar-refractivity contribution is 0.318. The quantitative estimate of drug-likeness (QED) is 0.449. The van der Waals surface area contributed by atoms with Gasteiger partial charge in [-0.15, -0.1) is 12.4 Å². The Morgan fingerprint density at radius 2 is 1.88 bits per heavy atom. The number of benzene rings is 2. The molecule has 3 heterocycles. The molecule has 3 N–H and O–H groups in total. The van der Waals surface area contributed by atoms with E-state index < -0.39 is 0 Å². The maximum Gasteiger partial charge on any atom is 0.163 e. The van der Waals surface area contributed by atoms with Crippen molar-refractivity contribution in [3.63, 3.8) is 0 Å². The molecule has 0 spiro atoms. The lowest BCUT2D eigenvalue weighted by Crippen LogP contribution is -2.30. The van der Waals surface area contributed by atoms with E-state index in [4.69, 9.17) is 15.6 Å². The number of nitrogens with two attached hydrogens (primary N) is 1. The second kappa shape index (κ2) is 9.71. The molecule has 0 atom stereocenters. The van der Waals surface area contributed by atoms with E-state index in [-0.39, 0.29) is 12.4 Å². The average Bonchev–Trinajstić information content (AvgIpc) is 3.17. The zero-order valence-electron chi connectivity index (χ0n) is 18.3. The SMILES string of the molecule is CCCOc1ccc2cc(-c3nn(CC4CCNCC4)c4ncnc(N)c34)ccc2c1.Cl. The summed E-state index contributed by atoms with van der Waals surface area (Å²) in [6.45, 7) is 5.80. The Bertz CT molecular complexity index is 1220. The molecule has 1 fully saturated rings. The molecule has 32 heavy (non-hydrogen) atoms. The number of hydrogen-bond acceptors (Lipinski definition) is 6. The Hall–Kier alpha value is -2.90. The summed E-state index contributed by atoms with van der Waals surface area (Å²) < 4.78 is 7.79. The fourth-order valence-corrected chi connectivity index (χ4v) is 4.35. The Morgan fingerprint density at radius 1 is 1.09 bits per heavy atom. The molecular formula is C24H29ClN6O. The van der Waals surface area contributed by atoms with Gasteiger partial charge in [0.25, 0.3) is 0 Å². The standard InChI is InChI=1S/C24H28N6O.ClH/c1-2-11-31-20-6-5-17-12-19(4-3-18(17)13-20)22-21-23(25)27-15-28-24(21)30(29-22)14-16-7-9-26-10-8-16;/h3-6,12-13,15-16,26H,2,7-11,14H2,1H3,(H2,25,27,28);1H. The number of hydrogen-bond donors (Lipinski definition) is 2. The summed E-state index contributed by atoms with van der Waals surface area (Å²) in [6, 6.07) is 12.6. The van der Waals surface area contributed by atoms with Crippen LogP contribution in [0, 0.1) is 5.92 Å². The number of aromatic nitrogens is 4. The van der Waals surface area contributed by atoms with Gasteiger partial charge in [-0.1, -0.05) is 25.1 Å². The summed E-state index contributed by atoms with van der Waals surface area (Å²) in [4.78, 5) is 8.78. The van der Waals surface area contributed by atoms with Crippen LogP contribution in [0.15, 0.2) is 42.7 Å². The molecule has 1 aliphatic rings. The molecular weight excluding hydrogens is 424 g/mol. The van der Waals surface area contributed by atoms with Gasteiger partial charge in [-0.05, 0) is 67.2 Å². The molecule has 168 valence electrons. The van der Waals surface area contributed by atoms with E-state index in [1.807, 2.05) is 10.7 Å². The Kier molecular flexibility index (Phi) is 6.77. The van der Waals surface area contributed by atoms with Crippen LogP contribution in [-0.2, 0) is 6.54 Å². The molecule has 8 heteroatoms. The van der Waals surface area contributed by atoms with Gasteiger partial charge in [0.05, 0.1) is 12.0 Å². The van der Waals surface area contributed by atoms with Crippen molar-refractivity contribution < 1.29 is 4.74 Å². The third kappa shape index (κ3) is 4.36. The summed E-state index contributed by atoms with van der Waals surface area (Å²) in [5.41, 5.74) is 8.96. The highest BCUT2D eigenvalue weighted by Gasteiger charge is 2.21. The van der Waals surface area contributed by atoms with Crippen LogP contribution in [0.25, 0.3) is 33.1 Å². The fraction of sp³-hybridized carbons (Fsp3) is 0.375. The summed E-state index contributed by atoms with van der Waals surface area (Å²) in [5, 5.41) is 11.5. The zero-order chi connectivity index (χ0) is 21.2. The maximum absolute atomic E-state index is 6.29. The van der Waals surface area contributed by atoms with Gasteiger partial charge in [-0.2, -0.15) is 5.10 Å². The van der Waals surface area contributed by atoms with Crippen molar-refractivity contribution in [2.45, 2.75) is 32.7 Å². The second-order valence-electron chi connectivity index (χ2n) is 8.25. The summed E-state index contributed by atoms with van der Waals surface area (Å²) in [6.07, 6.45) is 4.82. The minimum atomic E-state index is 0. The number of nitrogens with zero attached hydrogens (tertiary/aromatic N) is 4. The lowest BCUT2D eigenvalue weighted by atomic mass is 9.98. The van der Waals surface area contributed by atoms with E-state index >= 15 is 0 Å². The van der Waals surface area contributed by atoms with Crippen LogP contribution in [-0.4, -0.2) is 39.4 Å². The molecule has 2 aromatic heterocycles. The molecule has 0 saturated carbocycles. The summed E-state index contributed by atoms with van der Waals surface area (Å²) >= 11 is 0. The van der Waals surface area contributed by atoms with Crippen LogP contribution in [0.4, 0.5) is 5.82 Å². The minimum absolute atomic E-state index is 0. The topological polar surface area (TPSA) is 90.9 Å². The first kappa shape index (κ1) is 22.3. The van der Waals surface area contributed by atoms with Crippen LogP contribution in [0.2, 0.25) is 0 Å². The van der Waals surface area contributed by atoms with Crippen molar-refractivity contribution in [3.8, 4) is 17.0 Å². The number of nitrogen functional groups attached to an aromatic ring is 1. The molecule has 1 aliphatic heterocycles. The molecule has 4 aromatic rings. The van der Waals surface area contributed by atoms with Crippen molar-refractivity contribution >= 4 is 40.0 Å². The lowest BCUT2D eigenvalue weighted by Gasteiger charge is -2.22. The Labute approximate surface area is 193 Å². The van der Waals surface area contributed by atoms with E-state index in [0.717, 1.165) is 84.3 Å². The first-order valence-electron chi connectivity index (χ1n) is 11.1. The smallest absolute Gasteiger partial charge is 0.163 e. The van der Waals surface area contributed by atoms with Gasteiger partial charge in [-0.25, -0.2) is 14.6 Å². The van der Waals surface area contributed by atoms with E-state index in [1.54, 1.807) is 0 Å². The van der Waals surface area contributed by atoms with Crippen molar-refractivity contribution in [2.24, 2.45) is 5.92 Å². The number of nitrogens with one attached hydrogen (secondary N) is 1. The molecule has 0 bridgehead atoms. The van der Waals surface area contributed by atoms with Crippen molar-refractivity contribution in [2.75, 3.05) is 25.4 Å². The number of ether oxygens (including phenoxy) is 1. The molecule has 0 radical (unpaired) electrons. The van der Waals surface area contributed by atoms with Crippen LogP contribution in [0.5, 0.6) is 5.75 Å². The third-order valence-corrected chi connectivity index (χ3v) is 6.01. The van der Waals surface area contributed by atoms with Crippen LogP contribution in [0.1, 0.15) is 26.2 Å². The van der Waals surface area contributed by atoms with Gasteiger partial charge in [0.15, 0.2) is 5.65 Å². The van der Waals surface area contributed by atoms with Gasteiger partial charge >= 0.3 is 0 Å². The molecule has 7 nitrogen and oxygen atoms in total. The monoisotopic (exact) mass is 452 g/mol. The van der Waals surface area contributed by atoms with Crippen LogP contribution < -0.4 is 15.8 Å². The number of rotatable bonds is 6. The molecule has 0 aliphatic carbocycles. The second-order valence-corrected chi connectivity index (χ2v) is 8.25. The first-order valence-corrected chi connectivity index (χ1v) is 11.1. The highest BCUT2D eigenvalue weighted by atomic mass is 35.5. The predicted octanol–water partition coefficient (Wildman–Crippen LogP) is 4.44. The normalized spacial score (nSPS) is 14.5. The van der Waals surface area contributed by atoms with Gasteiger partial charge in [0.2, 0.25) is 0 Å². The van der Waals surface area contributed by atoms with Gasteiger partial charge in [0, 0.05) is 12.1 Å². The van der Waals surface area contributed by atoms with Gasteiger partial charge in [-0.3, -0.25) is 0 Å². The van der Waals surface area contributed by atoms with E-state index in [1.165, 1.54) is 6.33 Å². The van der Waals surface area contributed by atoms with Crippen LogP contribution in [0.3, 0.4) is 0 Å². The highest BCUT2D eigenvalue weighted by molar-refractivity contribution is 6.00. The van der Waals surface area contributed by atoms with Crippen molar-refractivity contribution in [3.05, 3.63) is 42.7 Å². The molecule has 2 aromatic carbocycles. The highest BCUT2D eigenvalue weighted by Crippen LogP contribution is 2.33. The molecule has 1 saturated heterocycles. The van der Waals surface area contributed by atoms with Crippen molar-refractivity contribution in [1.29, 1.82) is 0 Å². The molecule has 0 amide bonds. The van der Waals surface area contributed by atoms with E-state index in [2.05, 4.69) is 52.5 Å². The predicted molar refractivity (Wildman–Crippen MR) is 131 cm³/mol. The van der Waals surface area contributed by atoms with Crippen LogP contribution >= 0.6 is 12.4 Å². The summed E-state index contributed by atoms with van der Waals surface area (Å²) in [7, 11) is 0. The number of piperidine rings is 1. The number of halogens is 1. The maximum atomic E-state index is 6.29. The number of anilines is 1. The zero-order valence-corrected chi connectivity index (χ0v) is 19.1. The minimum Gasteiger partial charge on any atom is -0.494 e. The molecule has 0 unspecified atom stereocenters. The Balaban J connectivity index is 0.00000245. The summed E-state index contributed by atoms with van der Waals surface area (Å²) in [5.74, 6) is 1.96. The Morgan fingerprint density at radius 3 is 2.69 bits per heavy atom. The third-order valence-electron chi connectivity index (χ3n) is 6.01. The average molecular weight is 453 g/mol. The fourth-order valence-electron chi connectivity index (χ4n) is 4.35. The van der Waals surface area contributed by atoms with E-state index in [0.29, 0.717) is 11.7 Å². The van der Waals surface area contributed by atoms with Gasteiger partial charge < -0.3 is 15.8 Å².